The molecule has 1 fully saturated rings. The number of thioether (sulfide) groups is 1. The highest BCUT2D eigenvalue weighted by Crippen LogP contribution is 2.44. The summed E-state index contributed by atoms with van der Waals surface area (Å²) in [6, 6.07) is 14.3. The third kappa shape index (κ3) is 4.16. The van der Waals surface area contributed by atoms with Crippen molar-refractivity contribution in [1.82, 2.24) is 4.90 Å². The smallest absolute Gasteiger partial charge is 0.293 e. The van der Waals surface area contributed by atoms with Crippen LogP contribution in [0.2, 0.25) is 0 Å². The van der Waals surface area contributed by atoms with Crippen molar-refractivity contribution in [2.45, 2.75) is 59.0 Å². The van der Waals surface area contributed by atoms with E-state index < -0.39 is 0 Å². The number of carbonyl (C=O) groups excluding carboxylic acids is 2. The molecule has 1 unspecified atom stereocenters. The Bertz CT molecular complexity index is 1060. The van der Waals surface area contributed by atoms with Crippen molar-refractivity contribution in [3.63, 3.8) is 0 Å². The number of hydrogen-bond donors (Lipinski definition) is 0. The van der Waals surface area contributed by atoms with Gasteiger partial charge in [0.05, 0.1) is 11.4 Å². The van der Waals surface area contributed by atoms with Crippen molar-refractivity contribution in [3.8, 4) is 0 Å². The van der Waals surface area contributed by atoms with Gasteiger partial charge in [-0.05, 0) is 86.7 Å². The Labute approximate surface area is 189 Å². The van der Waals surface area contributed by atoms with Gasteiger partial charge >= 0.3 is 0 Å². The molecule has 162 valence electrons. The molecule has 2 aliphatic heterocycles. The zero-order valence-corrected chi connectivity index (χ0v) is 19.8. The molecule has 0 bridgehead atoms. The van der Waals surface area contributed by atoms with Gasteiger partial charge in [0.2, 0.25) is 0 Å². The number of nitrogens with zero attached hydrogens (tertiary/aromatic N) is 2. The van der Waals surface area contributed by atoms with Gasteiger partial charge in [-0.1, -0.05) is 42.8 Å². The lowest BCUT2D eigenvalue weighted by Crippen LogP contribution is -2.48. The Morgan fingerprint density at radius 2 is 1.84 bits per heavy atom. The lowest BCUT2D eigenvalue weighted by atomic mass is 9.79. The zero-order chi connectivity index (χ0) is 22.3. The van der Waals surface area contributed by atoms with E-state index in [1.54, 1.807) is 0 Å². The Kier molecular flexibility index (Phi) is 5.73. The van der Waals surface area contributed by atoms with E-state index >= 15 is 0 Å². The van der Waals surface area contributed by atoms with E-state index in [4.69, 9.17) is 0 Å². The maximum absolute atomic E-state index is 12.9. The molecule has 4 nitrogen and oxygen atoms in total. The lowest BCUT2D eigenvalue weighted by Gasteiger charge is -2.47. The summed E-state index contributed by atoms with van der Waals surface area (Å²) in [5, 5.41) is -0.206. The van der Waals surface area contributed by atoms with Crippen molar-refractivity contribution < 1.29 is 9.59 Å². The van der Waals surface area contributed by atoms with Gasteiger partial charge < -0.3 is 4.90 Å². The maximum Gasteiger partial charge on any atom is 0.293 e. The second-order valence-corrected chi connectivity index (χ2v) is 10.2. The number of imide groups is 1. The number of anilines is 1. The van der Waals surface area contributed by atoms with Gasteiger partial charge in [-0.25, -0.2) is 0 Å². The highest BCUT2D eigenvalue weighted by Gasteiger charge is 2.37. The number of hydrogen-bond acceptors (Lipinski definition) is 4. The maximum atomic E-state index is 12.9. The van der Waals surface area contributed by atoms with Crippen LogP contribution >= 0.6 is 11.8 Å². The molecule has 4 rings (SSSR count). The van der Waals surface area contributed by atoms with Crippen LogP contribution in [0.15, 0.2) is 47.4 Å². The molecule has 1 atom stereocenters. The van der Waals surface area contributed by atoms with Crippen LogP contribution in [-0.4, -0.2) is 28.1 Å². The molecule has 1 saturated heterocycles. The summed E-state index contributed by atoms with van der Waals surface area (Å²) in [6.45, 7) is 12.4. The summed E-state index contributed by atoms with van der Waals surface area (Å²) in [4.78, 5) is 29.7. The van der Waals surface area contributed by atoms with Crippen LogP contribution in [0.3, 0.4) is 0 Å². The van der Waals surface area contributed by atoms with Gasteiger partial charge in [0.1, 0.15) is 0 Å². The van der Waals surface area contributed by atoms with Crippen molar-refractivity contribution in [2.75, 3.05) is 11.4 Å². The van der Waals surface area contributed by atoms with Gasteiger partial charge in [0, 0.05) is 17.8 Å². The van der Waals surface area contributed by atoms with Gasteiger partial charge in [-0.2, -0.15) is 0 Å². The molecule has 0 aromatic heterocycles. The number of carbonyl (C=O) groups is 2. The standard InChI is InChI=1S/C26H30N2O2S/c1-6-28-22-12-11-20(13-21(22)18(3)15-26(28,4)5)14-23-24(29)27(25(30)31-23)16-19-9-7-17(2)8-10-19/h7-14,18H,6,15-16H2,1-5H3/b23-14-. The highest BCUT2D eigenvalue weighted by atomic mass is 32.2. The Balaban J connectivity index is 1.59. The number of aryl methyl sites for hydroxylation is 1. The SMILES string of the molecule is CCN1c2ccc(/C=C3\SC(=O)N(Cc4ccc(C)cc4)C3=O)cc2C(C)CC1(C)C. The van der Waals surface area contributed by atoms with Crippen LogP contribution in [0.25, 0.3) is 6.08 Å². The first-order valence-electron chi connectivity index (χ1n) is 10.9. The first-order valence-corrected chi connectivity index (χ1v) is 11.7. The van der Waals surface area contributed by atoms with Crippen LogP contribution in [0.1, 0.15) is 62.3 Å². The van der Waals surface area contributed by atoms with Crippen LogP contribution in [0.4, 0.5) is 10.5 Å². The second kappa shape index (κ2) is 8.19. The van der Waals surface area contributed by atoms with Crippen molar-refractivity contribution in [2.24, 2.45) is 0 Å². The third-order valence-corrected chi connectivity index (χ3v) is 7.27. The first kappa shape index (κ1) is 21.7. The molecular formula is C26H30N2O2S. The van der Waals surface area contributed by atoms with Crippen molar-refractivity contribution in [3.05, 3.63) is 69.6 Å². The normalized spacial score (nSPS) is 21.7. The fourth-order valence-corrected chi connectivity index (χ4v) is 5.70. The molecule has 0 spiro atoms. The van der Waals surface area contributed by atoms with Crippen molar-refractivity contribution >= 4 is 34.7 Å². The average Bonchev–Trinajstić information content (AvgIpc) is 2.97. The van der Waals surface area contributed by atoms with Crippen LogP contribution in [-0.2, 0) is 11.3 Å². The second-order valence-electron chi connectivity index (χ2n) is 9.23. The van der Waals surface area contributed by atoms with E-state index in [2.05, 4.69) is 50.8 Å². The van der Waals surface area contributed by atoms with E-state index in [0.717, 1.165) is 41.4 Å². The van der Waals surface area contributed by atoms with E-state index in [0.29, 0.717) is 17.4 Å². The van der Waals surface area contributed by atoms with E-state index in [1.807, 2.05) is 37.3 Å². The molecule has 0 radical (unpaired) electrons. The third-order valence-electron chi connectivity index (χ3n) is 6.36. The predicted octanol–water partition coefficient (Wildman–Crippen LogP) is 6.34. The van der Waals surface area contributed by atoms with Crippen LogP contribution < -0.4 is 4.90 Å². The minimum Gasteiger partial charge on any atom is -0.366 e. The minimum atomic E-state index is -0.210. The van der Waals surface area contributed by atoms with Gasteiger partial charge in [0.15, 0.2) is 0 Å². The highest BCUT2D eigenvalue weighted by molar-refractivity contribution is 8.18. The van der Waals surface area contributed by atoms with E-state index in [-0.39, 0.29) is 16.7 Å². The molecule has 2 aliphatic rings. The molecule has 2 heterocycles. The van der Waals surface area contributed by atoms with Gasteiger partial charge in [-0.15, -0.1) is 0 Å². The average molecular weight is 435 g/mol. The largest absolute Gasteiger partial charge is 0.366 e. The quantitative estimate of drug-likeness (QED) is 0.526. The Morgan fingerprint density at radius 1 is 1.13 bits per heavy atom. The molecule has 5 heteroatoms. The number of amides is 2. The van der Waals surface area contributed by atoms with Gasteiger partial charge in [0.25, 0.3) is 11.1 Å². The number of fused-ring (bicyclic) bond motifs is 1. The molecule has 0 saturated carbocycles. The molecule has 2 amide bonds. The monoisotopic (exact) mass is 434 g/mol. The molecule has 31 heavy (non-hydrogen) atoms. The molecule has 2 aromatic carbocycles. The van der Waals surface area contributed by atoms with Crippen LogP contribution in [0.5, 0.6) is 0 Å². The molecule has 0 aliphatic carbocycles. The Morgan fingerprint density at radius 3 is 2.52 bits per heavy atom. The minimum absolute atomic E-state index is 0.126. The number of benzene rings is 2. The van der Waals surface area contributed by atoms with Crippen LogP contribution in [0, 0.1) is 6.92 Å². The Hall–Kier alpha value is -2.53. The first-order chi connectivity index (χ1) is 14.7. The summed E-state index contributed by atoms with van der Waals surface area (Å²) in [6.07, 6.45) is 2.95. The summed E-state index contributed by atoms with van der Waals surface area (Å²) in [5.74, 6) is 0.232. The summed E-state index contributed by atoms with van der Waals surface area (Å²) >= 11 is 1.03. The lowest BCUT2D eigenvalue weighted by molar-refractivity contribution is -0.123. The summed E-state index contributed by atoms with van der Waals surface area (Å²) in [7, 11) is 0. The molecular weight excluding hydrogens is 404 g/mol. The molecule has 2 aromatic rings. The van der Waals surface area contributed by atoms with Gasteiger partial charge in [-0.3, -0.25) is 14.5 Å². The topological polar surface area (TPSA) is 40.6 Å². The summed E-state index contributed by atoms with van der Waals surface area (Å²) in [5.41, 5.74) is 5.80. The fraction of sp³-hybridized carbons (Fsp3) is 0.385. The summed E-state index contributed by atoms with van der Waals surface area (Å²) < 4.78 is 0. The predicted molar refractivity (Wildman–Crippen MR) is 129 cm³/mol. The molecule has 0 N–H and O–H groups in total. The number of rotatable bonds is 4. The van der Waals surface area contributed by atoms with E-state index in [1.165, 1.54) is 16.2 Å². The van der Waals surface area contributed by atoms with E-state index in [9.17, 15) is 9.59 Å². The van der Waals surface area contributed by atoms with Crippen molar-refractivity contribution in [1.29, 1.82) is 0 Å². The fourth-order valence-electron chi connectivity index (χ4n) is 4.86. The zero-order valence-electron chi connectivity index (χ0n) is 18.9.